The molecule has 0 aliphatic heterocycles. The van der Waals surface area contributed by atoms with Crippen LogP contribution in [0.5, 0.6) is 0 Å². The lowest BCUT2D eigenvalue weighted by atomic mass is 9.87. The highest BCUT2D eigenvalue weighted by atomic mass is 35.5. The van der Waals surface area contributed by atoms with E-state index in [4.69, 9.17) is 16.9 Å². The van der Waals surface area contributed by atoms with Gasteiger partial charge < -0.3 is 5.32 Å². The minimum atomic E-state index is -0.496. The first-order chi connectivity index (χ1) is 8.32. The van der Waals surface area contributed by atoms with Crippen LogP contribution in [0.4, 0.5) is 0 Å². The minimum Gasteiger partial charge on any atom is -0.340 e. The molecule has 96 valence electrons. The standard InChI is InChI=1S/C14H17ClN2O/c1-14(2,3)12(9-16)17-13(18)8-10-5-4-6-11(15)7-10/h4-7,12H,8H2,1-3H3,(H,17,18). The molecule has 1 aromatic rings. The van der Waals surface area contributed by atoms with Gasteiger partial charge in [0, 0.05) is 5.02 Å². The van der Waals surface area contributed by atoms with Crippen LogP contribution >= 0.6 is 11.6 Å². The SMILES string of the molecule is CC(C)(C)C(C#N)NC(=O)Cc1cccc(Cl)c1. The van der Waals surface area contributed by atoms with Gasteiger partial charge >= 0.3 is 0 Å². The number of hydrogen-bond acceptors (Lipinski definition) is 2. The van der Waals surface area contributed by atoms with E-state index < -0.39 is 6.04 Å². The molecule has 4 heteroatoms. The topological polar surface area (TPSA) is 52.9 Å². The highest BCUT2D eigenvalue weighted by Gasteiger charge is 2.25. The normalized spacial score (nSPS) is 12.6. The van der Waals surface area contributed by atoms with Gasteiger partial charge in [-0.1, -0.05) is 44.5 Å². The van der Waals surface area contributed by atoms with E-state index in [1.165, 1.54) is 0 Å². The Bertz CT molecular complexity index is 471. The van der Waals surface area contributed by atoms with Gasteiger partial charge in [0.2, 0.25) is 5.91 Å². The lowest BCUT2D eigenvalue weighted by Crippen LogP contribution is -2.43. The van der Waals surface area contributed by atoms with Crippen LogP contribution in [0.1, 0.15) is 26.3 Å². The highest BCUT2D eigenvalue weighted by molar-refractivity contribution is 6.30. The summed E-state index contributed by atoms with van der Waals surface area (Å²) in [5, 5.41) is 12.4. The van der Waals surface area contributed by atoms with E-state index in [1.54, 1.807) is 18.2 Å². The van der Waals surface area contributed by atoms with Crippen molar-refractivity contribution in [3.63, 3.8) is 0 Å². The molecule has 1 unspecified atom stereocenters. The number of nitrogens with one attached hydrogen (secondary N) is 1. The van der Waals surface area contributed by atoms with Crippen molar-refractivity contribution in [2.75, 3.05) is 0 Å². The Morgan fingerprint density at radius 3 is 2.67 bits per heavy atom. The molecule has 1 rings (SSSR count). The molecule has 0 saturated heterocycles. The molecule has 0 fully saturated rings. The fraction of sp³-hybridized carbons (Fsp3) is 0.429. The second kappa shape index (κ2) is 5.88. The summed E-state index contributed by atoms with van der Waals surface area (Å²) >= 11 is 5.85. The van der Waals surface area contributed by atoms with Gasteiger partial charge in [0.15, 0.2) is 0 Å². The largest absolute Gasteiger partial charge is 0.340 e. The number of halogens is 1. The Hall–Kier alpha value is -1.53. The summed E-state index contributed by atoms with van der Waals surface area (Å²) < 4.78 is 0. The fourth-order valence-electron chi connectivity index (χ4n) is 1.49. The van der Waals surface area contributed by atoms with Crippen LogP contribution in [-0.2, 0) is 11.2 Å². The summed E-state index contributed by atoms with van der Waals surface area (Å²) in [6.45, 7) is 5.75. The van der Waals surface area contributed by atoms with Gasteiger partial charge in [0.05, 0.1) is 12.5 Å². The molecule has 0 heterocycles. The third kappa shape index (κ3) is 4.38. The molecule has 0 aliphatic carbocycles. The first kappa shape index (κ1) is 14.5. The van der Waals surface area contributed by atoms with Crippen LogP contribution in [-0.4, -0.2) is 11.9 Å². The zero-order valence-electron chi connectivity index (χ0n) is 10.8. The molecule has 0 aliphatic rings. The van der Waals surface area contributed by atoms with E-state index in [0.717, 1.165) is 5.56 Å². The summed E-state index contributed by atoms with van der Waals surface area (Å²) in [6, 6.07) is 8.76. The monoisotopic (exact) mass is 264 g/mol. The number of nitriles is 1. The van der Waals surface area contributed by atoms with Crippen molar-refractivity contribution in [2.45, 2.75) is 33.2 Å². The molecule has 0 spiro atoms. The predicted molar refractivity (Wildman–Crippen MR) is 72.2 cm³/mol. The van der Waals surface area contributed by atoms with Crippen molar-refractivity contribution in [3.05, 3.63) is 34.9 Å². The van der Waals surface area contributed by atoms with E-state index in [2.05, 4.69) is 11.4 Å². The molecule has 1 aromatic carbocycles. The lowest BCUT2D eigenvalue weighted by Gasteiger charge is -2.25. The number of amides is 1. The van der Waals surface area contributed by atoms with E-state index in [1.807, 2.05) is 26.8 Å². The molecular formula is C14H17ClN2O. The maximum Gasteiger partial charge on any atom is 0.225 e. The fourth-order valence-corrected chi connectivity index (χ4v) is 1.70. The van der Waals surface area contributed by atoms with Crippen molar-refractivity contribution in [1.29, 1.82) is 5.26 Å². The quantitative estimate of drug-likeness (QED) is 0.913. The van der Waals surface area contributed by atoms with Crippen molar-refractivity contribution in [1.82, 2.24) is 5.32 Å². The predicted octanol–water partition coefficient (Wildman–Crippen LogP) is 2.94. The zero-order chi connectivity index (χ0) is 13.8. The summed E-state index contributed by atoms with van der Waals surface area (Å²) in [7, 11) is 0. The Balaban J connectivity index is 2.65. The van der Waals surface area contributed by atoms with Crippen LogP contribution < -0.4 is 5.32 Å². The molecule has 0 aromatic heterocycles. The van der Waals surface area contributed by atoms with Crippen molar-refractivity contribution >= 4 is 17.5 Å². The maximum atomic E-state index is 11.8. The number of carbonyl (C=O) groups is 1. The second-order valence-corrected chi connectivity index (χ2v) is 5.74. The summed E-state index contributed by atoms with van der Waals surface area (Å²) in [4.78, 5) is 11.8. The average molecular weight is 265 g/mol. The molecule has 0 radical (unpaired) electrons. The lowest BCUT2D eigenvalue weighted by molar-refractivity contribution is -0.121. The van der Waals surface area contributed by atoms with Crippen LogP contribution in [0.3, 0.4) is 0 Å². The van der Waals surface area contributed by atoms with Gasteiger partial charge in [0.1, 0.15) is 6.04 Å². The van der Waals surface area contributed by atoms with Crippen LogP contribution in [0.15, 0.2) is 24.3 Å². The Morgan fingerprint density at radius 1 is 1.50 bits per heavy atom. The van der Waals surface area contributed by atoms with Crippen molar-refractivity contribution in [3.8, 4) is 6.07 Å². The molecule has 1 atom stereocenters. The number of benzene rings is 1. The number of rotatable bonds is 3. The van der Waals surface area contributed by atoms with Crippen molar-refractivity contribution < 1.29 is 4.79 Å². The molecule has 0 saturated carbocycles. The Morgan fingerprint density at radius 2 is 2.17 bits per heavy atom. The third-order valence-corrected chi connectivity index (χ3v) is 2.79. The van der Waals surface area contributed by atoms with E-state index in [-0.39, 0.29) is 17.7 Å². The number of hydrogen-bond donors (Lipinski definition) is 1. The van der Waals surface area contributed by atoms with E-state index in [9.17, 15) is 4.79 Å². The summed E-state index contributed by atoms with van der Waals surface area (Å²) in [6.07, 6.45) is 0.231. The first-order valence-corrected chi connectivity index (χ1v) is 6.14. The molecule has 3 nitrogen and oxygen atoms in total. The van der Waals surface area contributed by atoms with Crippen LogP contribution in [0, 0.1) is 16.7 Å². The van der Waals surface area contributed by atoms with Gasteiger partial charge in [-0.2, -0.15) is 5.26 Å². The Kier molecular flexibility index (Phi) is 4.75. The average Bonchev–Trinajstić information content (AvgIpc) is 2.24. The third-order valence-electron chi connectivity index (χ3n) is 2.55. The molecule has 1 amide bonds. The van der Waals surface area contributed by atoms with Crippen LogP contribution in [0.2, 0.25) is 5.02 Å². The van der Waals surface area contributed by atoms with Gasteiger partial charge in [-0.25, -0.2) is 0 Å². The molecular weight excluding hydrogens is 248 g/mol. The summed E-state index contributed by atoms with van der Waals surface area (Å²) in [5.41, 5.74) is 0.559. The Labute approximate surface area is 113 Å². The van der Waals surface area contributed by atoms with Gasteiger partial charge in [-0.05, 0) is 23.1 Å². The maximum absolute atomic E-state index is 11.8. The smallest absolute Gasteiger partial charge is 0.225 e. The highest BCUT2D eigenvalue weighted by Crippen LogP contribution is 2.18. The van der Waals surface area contributed by atoms with Gasteiger partial charge in [-0.15, -0.1) is 0 Å². The number of carbonyl (C=O) groups excluding carboxylic acids is 1. The molecule has 0 bridgehead atoms. The summed E-state index contributed by atoms with van der Waals surface area (Å²) in [5.74, 6) is -0.168. The first-order valence-electron chi connectivity index (χ1n) is 5.76. The van der Waals surface area contributed by atoms with Crippen molar-refractivity contribution in [2.24, 2.45) is 5.41 Å². The second-order valence-electron chi connectivity index (χ2n) is 5.30. The van der Waals surface area contributed by atoms with Gasteiger partial charge in [0.25, 0.3) is 0 Å². The minimum absolute atomic E-state index is 0.168. The molecule has 1 N–H and O–H groups in total. The van der Waals surface area contributed by atoms with E-state index in [0.29, 0.717) is 5.02 Å². The van der Waals surface area contributed by atoms with E-state index >= 15 is 0 Å². The number of nitrogens with zero attached hydrogens (tertiary/aromatic N) is 1. The van der Waals surface area contributed by atoms with Crippen LogP contribution in [0.25, 0.3) is 0 Å². The zero-order valence-corrected chi connectivity index (χ0v) is 11.6. The molecule has 18 heavy (non-hydrogen) atoms. The van der Waals surface area contributed by atoms with Gasteiger partial charge in [-0.3, -0.25) is 4.79 Å².